The molecule has 1 heterocycles. The van der Waals surface area contributed by atoms with Crippen molar-refractivity contribution < 1.29 is 9.90 Å². The van der Waals surface area contributed by atoms with Gasteiger partial charge in [-0.05, 0) is 35.4 Å². The van der Waals surface area contributed by atoms with Gasteiger partial charge in [-0.15, -0.1) is 0 Å². The standard InChI is InChI=1S/C23H25N3O2/c1-26-15-20(14-24-26)23(19-12-21(27)13-19)25-22(28)11-16-7-9-18(10-8-16)17-5-3-2-4-6-17/h2-10,14-15,19,21,23,27H,11-13H2,1H3,(H,25,28)/t19?,21?,23-/m0/s1. The van der Waals surface area contributed by atoms with E-state index in [-0.39, 0.29) is 24.0 Å². The lowest BCUT2D eigenvalue weighted by Gasteiger charge is -2.37. The van der Waals surface area contributed by atoms with Gasteiger partial charge in [-0.2, -0.15) is 5.10 Å². The number of aliphatic hydroxyl groups excluding tert-OH is 1. The van der Waals surface area contributed by atoms with Crippen LogP contribution in [0.4, 0.5) is 0 Å². The van der Waals surface area contributed by atoms with E-state index in [2.05, 4.69) is 34.7 Å². The summed E-state index contributed by atoms with van der Waals surface area (Å²) >= 11 is 0. The maximum absolute atomic E-state index is 12.7. The number of amides is 1. The zero-order valence-electron chi connectivity index (χ0n) is 16.0. The summed E-state index contributed by atoms with van der Waals surface area (Å²) in [6, 6.07) is 18.2. The number of benzene rings is 2. The van der Waals surface area contributed by atoms with E-state index in [1.54, 1.807) is 10.9 Å². The molecule has 1 aliphatic carbocycles. The summed E-state index contributed by atoms with van der Waals surface area (Å²) in [5, 5.41) is 17.1. The van der Waals surface area contributed by atoms with Crippen LogP contribution in [0.2, 0.25) is 0 Å². The smallest absolute Gasteiger partial charge is 0.224 e. The third-order valence-electron chi connectivity index (χ3n) is 5.45. The number of carbonyl (C=O) groups is 1. The zero-order valence-corrected chi connectivity index (χ0v) is 16.0. The zero-order chi connectivity index (χ0) is 19.5. The molecule has 3 aromatic rings. The van der Waals surface area contributed by atoms with Crippen molar-refractivity contribution in [3.05, 3.63) is 78.1 Å². The van der Waals surface area contributed by atoms with Crippen molar-refractivity contribution in [3.63, 3.8) is 0 Å². The molecular weight excluding hydrogens is 350 g/mol. The normalized spacial score (nSPS) is 19.6. The number of carbonyl (C=O) groups excluding carboxylic acids is 1. The topological polar surface area (TPSA) is 67.2 Å². The molecule has 0 radical (unpaired) electrons. The summed E-state index contributed by atoms with van der Waals surface area (Å²) in [5.41, 5.74) is 4.28. The van der Waals surface area contributed by atoms with Crippen LogP contribution in [-0.4, -0.2) is 26.9 Å². The Morgan fingerprint density at radius 1 is 1.14 bits per heavy atom. The van der Waals surface area contributed by atoms with Gasteiger partial charge in [0.2, 0.25) is 5.91 Å². The third-order valence-corrected chi connectivity index (χ3v) is 5.45. The second-order valence-electron chi connectivity index (χ2n) is 7.62. The molecule has 0 aliphatic heterocycles. The van der Waals surface area contributed by atoms with E-state index in [9.17, 15) is 9.90 Å². The third kappa shape index (κ3) is 4.15. The Morgan fingerprint density at radius 2 is 1.82 bits per heavy atom. The summed E-state index contributed by atoms with van der Waals surface area (Å²) in [5.74, 6) is 0.242. The van der Waals surface area contributed by atoms with Crippen molar-refractivity contribution in [1.29, 1.82) is 0 Å². The van der Waals surface area contributed by atoms with Crippen molar-refractivity contribution in [2.45, 2.75) is 31.4 Å². The quantitative estimate of drug-likeness (QED) is 0.695. The maximum Gasteiger partial charge on any atom is 0.224 e. The summed E-state index contributed by atoms with van der Waals surface area (Å²) in [4.78, 5) is 12.7. The monoisotopic (exact) mass is 375 g/mol. The Labute approximate surface area is 165 Å². The number of hydrogen-bond acceptors (Lipinski definition) is 3. The van der Waals surface area contributed by atoms with Crippen molar-refractivity contribution in [1.82, 2.24) is 15.1 Å². The van der Waals surface area contributed by atoms with Crippen molar-refractivity contribution in [2.75, 3.05) is 0 Å². The van der Waals surface area contributed by atoms with E-state index in [4.69, 9.17) is 0 Å². The molecular formula is C23H25N3O2. The predicted octanol–water partition coefficient (Wildman–Crippen LogP) is 3.26. The van der Waals surface area contributed by atoms with E-state index in [1.807, 2.05) is 43.6 Å². The fourth-order valence-electron chi connectivity index (χ4n) is 3.83. The minimum atomic E-state index is -0.258. The summed E-state index contributed by atoms with van der Waals surface area (Å²) in [7, 11) is 1.87. The van der Waals surface area contributed by atoms with Crippen LogP contribution in [0.15, 0.2) is 67.0 Å². The minimum Gasteiger partial charge on any atom is -0.393 e. The average Bonchev–Trinajstić information content (AvgIpc) is 3.11. The molecule has 2 aromatic carbocycles. The molecule has 5 nitrogen and oxygen atoms in total. The van der Waals surface area contributed by atoms with E-state index in [1.165, 1.54) is 5.56 Å². The van der Waals surface area contributed by atoms with E-state index in [0.29, 0.717) is 19.3 Å². The lowest BCUT2D eigenvalue weighted by atomic mass is 9.75. The summed E-state index contributed by atoms with van der Waals surface area (Å²) in [6.45, 7) is 0. The molecule has 144 valence electrons. The van der Waals surface area contributed by atoms with Crippen LogP contribution in [0.5, 0.6) is 0 Å². The Morgan fingerprint density at radius 3 is 2.43 bits per heavy atom. The van der Waals surface area contributed by atoms with Crippen LogP contribution >= 0.6 is 0 Å². The SMILES string of the molecule is Cn1cc([C@@H](NC(=O)Cc2ccc(-c3ccccc3)cc2)C2CC(O)C2)cn1. The highest BCUT2D eigenvalue weighted by Crippen LogP contribution is 2.38. The lowest BCUT2D eigenvalue weighted by Crippen LogP contribution is -2.41. The first kappa shape index (κ1) is 18.4. The predicted molar refractivity (Wildman–Crippen MR) is 108 cm³/mol. The molecule has 2 N–H and O–H groups in total. The number of nitrogens with zero attached hydrogens (tertiary/aromatic N) is 2. The van der Waals surface area contributed by atoms with Crippen LogP contribution < -0.4 is 5.32 Å². The molecule has 0 bridgehead atoms. The van der Waals surface area contributed by atoms with Crippen LogP contribution in [0.1, 0.15) is 30.0 Å². The Balaban J connectivity index is 1.42. The molecule has 28 heavy (non-hydrogen) atoms. The van der Waals surface area contributed by atoms with Crippen molar-refractivity contribution in [3.8, 4) is 11.1 Å². The molecule has 1 aromatic heterocycles. The average molecular weight is 375 g/mol. The Kier molecular flexibility index (Phi) is 5.26. The fraction of sp³-hybridized carbons (Fsp3) is 0.304. The van der Waals surface area contributed by atoms with Crippen LogP contribution in [0, 0.1) is 5.92 Å². The Hall–Kier alpha value is -2.92. The maximum atomic E-state index is 12.7. The molecule has 0 saturated heterocycles. The number of nitrogens with one attached hydrogen (secondary N) is 1. The lowest BCUT2D eigenvalue weighted by molar-refractivity contribution is -0.122. The molecule has 1 saturated carbocycles. The highest BCUT2D eigenvalue weighted by molar-refractivity contribution is 5.79. The first-order chi connectivity index (χ1) is 13.6. The van der Waals surface area contributed by atoms with Crippen molar-refractivity contribution >= 4 is 5.91 Å². The molecule has 5 heteroatoms. The highest BCUT2D eigenvalue weighted by Gasteiger charge is 2.36. The van der Waals surface area contributed by atoms with Gasteiger partial charge in [0.25, 0.3) is 0 Å². The Bertz CT molecular complexity index is 928. The van der Waals surface area contributed by atoms with E-state index < -0.39 is 0 Å². The minimum absolute atomic E-state index is 0.0114. The number of hydrogen-bond donors (Lipinski definition) is 2. The molecule has 1 aliphatic rings. The number of aryl methyl sites for hydroxylation is 1. The summed E-state index contributed by atoms with van der Waals surface area (Å²) in [6.07, 6.45) is 5.24. The highest BCUT2D eigenvalue weighted by atomic mass is 16.3. The van der Waals surface area contributed by atoms with Crippen LogP contribution in [0.25, 0.3) is 11.1 Å². The fourth-order valence-corrected chi connectivity index (χ4v) is 3.83. The van der Waals surface area contributed by atoms with Gasteiger partial charge in [0.15, 0.2) is 0 Å². The van der Waals surface area contributed by atoms with Gasteiger partial charge in [-0.1, -0.05) is 54.6 Å². The van der Waals surface area contributed by atoms with E-state index in [0.717, 1.165) is 16.7 Å². The molecule has 4 rings (SSSR count). The van der Waals surface area contributed by atoms with Crippen LogP contribution in [0.3, 0.4) is 0 Å². The summed E-state index contributed by atoms with van der Waals surface area (Å²) < 4.78 is 1.74. The molecule has 0 spiro atoms. The van der Waals surface area contributed by atoms with Gasteiger partial charge < -0.3 is 10.4 Å². The van der Waals surface area contributed by atoms with Crippen molar-refractivity contribution in [2.24, 2.45) is 13.0 Å². The number of aromatic nitrogens is 2. The van der Waals surface area contributed by atoms with Crippen LogP contribution in [-0.2, 0) is 18.3 Å². The second-order valence-corrected chi connectivity index (χ2v) is 7.62. The van der Waals surface area contributed by atoms with Gasteiger partial charge in [0, 0.05) is 18.8 Å². The first-order valence-electron chi connectivity index (χ1n) is 9.69. The number of rotatable bonds is 6. The molecule has 0 unspecified atom stereocenters. The molecule has 1 amide bonds. The van der Waals surface area contributed by atoms with Gasteiger partial charge >= 0.3 is 0 Å². The molecule has 1 fully saturated rings. The van der Waals surface area contributed by atoms with Gasteiger partial charge in [-0.25, -0.2) is 0 Å². The van der Waals surface area contributed by atoms with Gasteiger partial charge in [0.05, 0.1) is 24.8 Å². The number of aliphatic hydroxyl groups is 1. The first-order valence-corrected chi connectivity index (χ1v) is 9.69. The van der Waals surface area contributed by atoms with Gasteiger partial charge in [-0.3, -0.25) is 9.48 Å². The molecule has 1 atom stereocenters. The van der Waals surface area contributed by atoms with E-state index >= 15 is 0 Å². The van der Waals surface area contributed by atoms with Gasteiger partial charge in [0.1, 0.15) is 0 Å². The largest absolute Gasteiger partial charge is 0.393 e. The second kappa shape index (κ2) is 7.98.